The molecule has 1 spiro atoms. The number of hydrogen-bond donors (Lipinski definition) is 2. The van der Waals surface area contributed by atoms with Gasteiger partial charge in [-0.3, -0.25) is 19.3 Å². The smallest absolute Gasteiger partial charge is 0.268 e. The highest BCUT2D eigenvalue weighted by molar-refractivity contribution is 5.94. The van der Waals surface area contributed by atoms with Gasteiger partial charge in [0.25, 0.3) is 11.8 Å². The fourth-order valence-corrected chi connectivity index (χ4v) is 5.70. The molecule has 2 aromatic carbocycles. The standard InChI is InChI=1S/C30H34FN5O3/c1-20(37)33-24-11-7-21(8-12-24)18-32-28(38)26-17-25(31)27-30(13-4-14-30)35(15-16-36(26)27)19-22-5-9-23(10-6-22)29(39)34(2)3/h5-12,17H,4,13-16,18-19H2,1-3H3,(H,32,38)(H,33,37). The normalized spacial score (nSPS) is 15.8. The molecule has 0 bridgehead atoms. The molecule has 1 aliphatic heterocycles. The van der Waals surface area contributed by atoms with Crippen molar-refractivity contribution in [1.29, 1.82) is 0 Å². The average molecular weight is 532 g/mol. The molecule has 1 aromatic heterocycles. The van der Waals surface area contributed by atoms with Crippen LogP contribution in [-0.4, -0.2) is 52.7 Å². The van der Waals surface area contributed by atoms with Crippen LogP contribution in [0.15, 0.2) is 54.6 Å². The maximum absolute atomic E-state index is 15.5. The number of nitrogens with one attached hydrogen (secondary N) is 2. The van der Waals surface area contributed by atoms with Crippen LogP contribution in [0, 0.1) is 5.82 Å². The van der Waals surface area contributed by atoms with E-state index in [0.29, 0.717) is 48.8 Å². The number of aromatic nitrogens is 1. The monoisotopic (exact) mass is 531 g/mol. The fourth-order valence-electron chi connectivity index (χ4n) is 5.70. The highest BCUT2D eigenvalue weighted by Gasteiger charge is 2.50. The molecule has 3 aromatic rings. The van der Waals surface area contributed by atoms with Gasteiger partial charge in [0.05, 0.1) is 11.2 Å². The second-order valence-electron chi connectivity index (χ2n) is 10.6. The number of anilines is 1. The predicted octanol–water partition coefficient (Wildman–Crippen LogP) is 4.11. The summed E-state index contributed by atoms with van der Waals surface area (Å²) in [6.07, 6.45) is 2.69. The number of carbonyl (C=O) groups excluding carboxylic acids is 3. The summed E-state index contributed by atoms with van der Waals surface area (Å²) in [7, 11) is 3.46. The summed E-state index contributed by atoms with van der Waals surface area (Å²) in [5.41, 5.74) is 3.79. The Morgan fingerprint density at radius 2 is 1.64 bits per heavy atom. The average Bonchev–Trinajstić information content (AvgIpc) is 3.23. The van der Waals surface area contributed by atoms with Crippen molar-refractivity contribution >= 4 is 23.4 Å². The first kappa shape index (κ1) is 26.6. The lowest BCUT2D eigenvalue weighted by atomic mass is 9.71. The lowest BCUT2D eigenvalue weighted by Crippen LogP contribution is -2.56. The van der Waals surface area contributed by atoms with Crippen LogP contribution in [0.4, 0.5) is 10.1 Å². The first-order valence-electron chi connectivity index (χ1n) is 13.3. The van der Waals surface area contributed by atoms with Gasteiger partial charge in [0.15, 0.2) is 0 Å². The van der Waals surface area contributed by atoms with Crippen molar-refractivity contribution in [3.63, 3.8) is 0 Å². The summed E-state index contributed by atoms with van der Waals surface area (Å²) < 4.78 is 17.4. The van der Waals surface area contributed by atoms with E-state index in [-0.39, 0.29) is 23.5 Å². The number of halogens is 1. The van der Waals surface area contributed by atoms with E-state index >= 15 is 4.39 Å². The maximum atomic E-state index is 15.5. The first-order chi connectivity index (χ1) is 18.7. The van der Waals surface area contributed by atoms with E-state index in [1.54, 1.807) is 31.1 Å². The van der Waals surface area contributed by atoms with Gasteiger partial charge in [-0.25, -0.2) is 4.39 Å². The minimum Gasteiger partial charge on any atom is -0.347 e. The van der Waals surface area contributed by atoms with Crippen LogP contribution >= 0.6 is 0 Å². The fraction of sp³-hybridized carbons (Fsp3) is 0.367. The van der Waals surface area contributed by atoms with Crippen LogP contribution in [0.1, 0.15) is 63.9 Å². The number of carbonyl (C=O) groups is 3. The van der Waals surface area contributed by atoms with Gasteiger partial charge in [0.2, 0.25) is 5.91 Å². The number of fused-ring (bicyclic) bond motifs is 2. The van der Waals surface area contributed by atoms with Crippen LogP contribution in [-0.2, 0) is 30.0 Å². The number of hydrogen-bond acceptors (Lipinski definition) is 4. The van der Waals surface area contributed by atoms with Crippen molar-refractivity contribution in [3.05, 3.63) is 88.5 Å². The molecule has 9 heteroatoms. The van der Waals surface area contributed by atoms with Crippen LogP contribution in [0.3, 0.4) is 0 Å². The molecule has 1 aliphatic carbocycles. The zero-order valence-electron chi connectivity index (χ0n) is 22.6. The van der Waals surface area contributed by atoms with E-state index in [1.165, 1.54) is 13.0 Å². The molecule has 3 amide bonds. The lowest BCUT2D eigenvalue weighted by molar-refractivity contribution is -0.114. The number of amides is 3. The molecular weight excluding hydrogens is 497 g/mol. The Labute approximate surface area is 227 Å². The molecule has 2 heterocycles. The largest absolute Gasteiger partial charge is 0.347 e. The highest BCUT2D eigenvalue weighted by Crippen LogP contribution is 2.50. The van der Waals surface area contributed by atoms with Crippen LogP contribution in [0.2, 0.25) is 0 Å². The number of benzene rings is 2. The molecule has 5 rings (SSSR count). The Hall–Kier alpha value is -3.98. The molecule has 1 fully saturated rings. The van der Waals surface area contributed by atoms with E-state index < -0.39 is 5.54 Å². The molecule has 2 aliphatic rings. The van der Waals surface area contributed by atoms with E-state index in [4.69, 9.17) is 0 Å². The Bertz CT molecular complexity index is 1390. The van der Waals surface area contributed by atoms with Crippen molar-refractivity contribution in [1.82, 2.24) is 19.7 Å². The summed E-state index contributed by atoms with van der Waals surface area (Å²) in [6, 6.07) is 16.2. The zero-order valence-corrected chi connectivity index (χ0v) is 22.6. The molecule has 204 valence electrons. The van der Waals surface area contributed by atoms with Crippen molar-refractivity contribution in [2.75, 3.05) is 26.0 Å². The van der Waals surface area contributed by atoms with Crippen molar-refractivity contribution < 1.29 is 18.8 Å². The second kappa shape index (κ2) is 10.6. The van der Waals surface area contributed by atoms with Crippen molar-refractivity contribution in [2.24, 2.45) is 0 Å². The van der Waals surface area contributed by atoms with Crippen LogP contribution < -0.4 is 10.6 Å². The minimum atomic E-state index is -0.432. The lowest BCUT2D eigenvalue weighted by Gasteiger charge is -2.53. The quantitative estimate of drug-likeness (QED) is 0.481. The van der Waals surface area contributed by atoms with Gasteiger partial charge in [-0.1, -0.05) is 24.3 Å². The summed E-state index contributed by atoms with van der Waals surface area (Å²) in [6.45, 7) is 3.62. The second-order valence-corrected chi connectivity index (χ2v) is 10.6. The molecule has 39 heavy (non-hydrogen) atoms. The van der Waals surface area contributed by atoms with Gasteiger partial charge in [-0.2, -0.15) is 0 Å². The highest BCUT2D eigenvalue weighted by atomic mass is 19.1. The molecule has 2 N–H and O–H groups in total. The maximum Gasteiger partial charge on any atom is 0.268 e. The van der Waals surface area contributed by atoms with Gasteiger partial charge in [-0.15, -0.1) is 0 Å². The van der Waals surface area contributed by atoms with Crippen molar-refractivity contribution in [3.8, 4) is 0 Å². The Kier molecular flexibility index (Phi) is 7.27. The Balaban J connectivity index is 1.30. The van der Waals surface area contributed by atoms with Gasteiger partial charge >= 0.3 is 0 Å². The molecule has 0 unspecified atom stereocenters. The van der Waals surface area contributed by atoms with Crippen LogP contribution in [0.5, 0.6) is 0 Å². The van der Waals surface area contributed by atoms with Gasteiger partial charge in [0.1, 0.15) is 11.5 Å². The third-order valence-corrected chi connectivity index (χ3v) is 7.81. The van der Waals surface area contributed by atoms with E-state index in [9.17, 15) is 14.4 Å². The molecule has 0 atom stereocenters. The van der Waals surface area contributed by atoms with Crippen LogP contribution in [0.25, 0.3) is 0 Å². The van der Waals surface area contributed by atoms with E-state index in [2.05, 4.69) is 15.5 Å². The van der Waals surface area contributed by atoms with Gasteiger partial charge in [-0.05, 0) is 54.7 Å². The third kappa shape index (κ3) is 5.18. The topological polar surface area (TPSA) is 86.7 Å². The van der Waals surface area contributed by atoms with E-state index in [1.807, 2.05) is 41.0 Å². The predicted molar refractivity (Wildman–Crippen MR) is 147 cm³/mol. The van der Waals surface area contributed by atoms with E-state index in [0.717, 1.165) is 30.4 Å². The number of rotatable bonds is 7. The van der Waals surface area contributed by atoms with Gasteiger partial charge in [0, 0.05) is 64.5 Å². The SMILES string of the molecule is CC(=O)Nc1ccc(CNC(=O)c2cc(F)c3n2CCN(Cc2ccc(C(=O)N(C)C)cc2)C32CCC2)cc1. The molecule has 0 saturated heterocycles. The third-order valence-electron chi connectivity index (χ3n) is 7.81. The Morgan fingerprint density at radius 3 is 2.23 bits per heavy atom. The number of nitrogens with zero attached hydrogens (tertiary/aromatic N) is 3. The molecule has 8 nitrogen and oxygen atoms in total. The summed E-state index contributed by atoms with van der Waals surface area (Å²) in [5, 5.41) is 5.63. The molecule has 1 saturated carbocycles. The first-order valence-corrected chi connectivity index (χ1v) is 13.3. The summed E-state index contributed by atoms with van der Waals surface area (Å²) in [5.74, 6) is -0.831. The molecule has 0 radical (unpaired) electrons. The van der Waals surface area contributed by atoms with Crippen molar-refractivity contribution in [2.45, 2.75) is 51.4 Å². The zero-order chi connectivity index (χ0) is 27.7. The summed E-state index contributed by atoms with van der Waals surface area (Å²) in [4.78, 5) is 40.5. The Morgan fingerprint density at radius 1 is 0.974 bits per heavy atom. The summed E-state index contributed by atoms with van der Waals surface area (Å²) >= 11 is 0. The minimum absolute atomic E-state index is 0.0392. The van der Waals surface area contributed by atoms with Gasteiger partial charge < -0.3 is 20.1 Å². The molecular formula is C30H34FN5O3.